The molecule has 2 aliphatic carbocycles. The molecular weight excluding hydrogens is 888 g/mol. The molecule has 0 unspecified atom stereocenters. The summed E-state index contributed by atoms with van der Waals surface area (Å²) in [7, 11) is 0. The lowest BCUT2D eigenvalue weighted by Crippen LogP contribution is -2.35. The zero-order chi connectivity index (χ0) is 47.9. The minimum Gasteiger partial charge on any atom is -0.458 e. The fourth-order valence-electron chi connectivity index (χ4n) is 7.22. The van der Waals surface area contributed by atoms with Gasteiger partial charge in [-0.15, -0.1) is 12.4 Å². The van der Waals surface area contributed by atoms with E-state index >= 15 is 0 Å². The molecule has 67 heavy (non-hydrogen) atoms. The Kier molecular flexibility index (Phi) is 19.7. The minimum atomic E-state index is -1.05. The number of fused-ring (bicyclic) bond motifs is 6. The van der Waals surface area contributed by atoms with E-state index in [0.717, 1.165) is 33.4 Å². The van der Waals surface area contributed by atoms with Gasteiger partial charge in [0.15, 0.2) is 0 Å². The molecule has 17 nitrogen and oxygen atoms in total. The normalized spacial score (nSPS) is 13.4. The lowest BCUT2D eigenvalue weighted by Gasteiger charge is -2.19. The van der Waals surface area contributed by atoms with Crippen molar-refractivity contribution >= 4 is 48.5 Å². The van der Waals surface area contributed by atoms with Gasteiger partial charge >= 0.3 is 24.3 Å². The molecule has 7 rings (SSSR count). The number of rotatable bonds is 13. The molecule has 0 saturated carbocycles. The average Bonchev–Trinajstić information content (AvgIpc) is 3.89. The Hall–Kier alpha value is -6.53. The highest BCUT2D eigenvalue weighted by Gasteiger charge is 2.35. The van der Waals surface area contributed by atoms with E-state index in [4.69, 9.17) is 39.1 Å². The van der Waals surface area contributed by atoms with Crippen LogP contribution in [0.4, 0.5) is 14.4 Å². The molecule has 18 heteroatoms. The maximum Gasteiger partial charge on any atom is 0.533 e. The number of benzene rings is 4. The number of nitrogens with zero attached hydrogens (tertiary/aromatic N) is 1. The molecule has 4 amide bonds. The molecule has 0 atom stereocenters. The number of nitrogens with one attached hydrogen (secondary N) is 2. The van der Waals surface area contributed by atoms with Crippen molar-refractivity contribution in [3.05, 3.63) is 119 Å². The summed E-state index contributed by atoms with van der Waals surface area (Å²) < 4.78 is 25.5. The first kappa shape index (κ1) is 53.1. The van der Waals surface area contributed by atoms with Gasteiger partial charge in [0.1, 0.15) is 31.0 Å². The summed E-state index contributed by atoms with van der Waals surface area (Å²) in [5.74, 6) is -1.50. The molecule has 1 aliphatic heterocycles. The molecular formula is C49H59ClN4O13. The van der Waals surface area contributed by atoms with E-state index in [9.17, 15) is 28.8 Å². The van der Waals surface area contributed by atoms with Gasteiger partial charge in [0.05, 0.1) is 13.2 Å². The van der Waals surface area contributed by atoms with Crippen molar-refractivity contribution in [1.82, 2.24) is 15.9 Å². The van der Waals surface area contributed by atoms with Gasteiger partial charge < -0.3 is 34.7 Å². The summed E-state index contributed by atoms with van der Waals surface area (Å²) in [4.78, 5) is 78.9. The monoisotopic (exact) mass is 946 g/mol. The Morgan fingerprint density at radius 3 is 1.49 bits per heavy atom. The molecule has 1 saturated heterocycles. The topological polar surface area (TPSA) is 220 Å². The average molecular weight is 947 g/mol. The standard InChI is InChI=1S/C22H26N2O5.C19H15NO5.C8H17NO3.ClH/c1-22(2,3)29-21(26)24-28-13-12-23-20(25)27-14-19-17-10-6-4-8-15(17)16-9-5-7-11-18(16)19;21-17-9-10-18(22)20(17)25-19(23)24-11-16-14-7-3-1-5-12(14)13-6-2-4-8-15(13)16;1-8(2,3)12-7(10)6-11-5-4-9;/h4-11,19H,12-14H2,1-3H3,(H,23,25)(H,24,26);1-8,16H,9-11H2;4-6,9H2,1-3H3;1H. The highest BCUT2D eigenvalue weighted by atomic mass is 35.5. The number of alkyl carbamates (subject to hydrolysis) is 1. The number of nitrogens with two attached hydrogens (primary N) is 1. The Balaban J connectivity index is 0.000000236. The summed E-state index contributed by atoms with van der Waals surface area (Å²) in [6.45, 7) is 12.1. The van der Waals surface area contributed by atoms with Crippen LogP contribution >= 0.6 is 12.4 Å². The fourth-order valence-corrected chi connectivity index (χ4v) is 7.22. The summed E-state index contributed by atoms with van der Waals surface area (Å²) in [6.07, 6.45) is -2.16. The zero-order valence-electron chi connectivity index (χ0n) is 38.5. The van der Waals surface area contributed by atoms with E-state index in [1.165, 1.54) is 11.1 Å². The van der Waals surface area contributed by atoms with Crippen molar-refractivity contribution in [2.45, 2.75) is 77.4 Å². The SMILES string of the molecule is CC(C)(C)OC(=O)COCCN.CC(C)(C)OC(=O)NOCCNC(=O)OCC1c2ccccc2-c2ccccc21.Cl.O=C(OCC1c2ccccc2-c2ccccc21)ON1C(=O)CCC1=O. The maximum absolute atomic E-state index is 12.0. The fraction of sp³-hybridized carbons (Fsp3) is 0.388. The highest BCUT2D eigenvalue weighted by molar-refractivity contribution is 6.01. The molecule has 4 aromatic carbocycles. The van der Waals surface area contributed by atoms with E-state index in [0.29, 0.717) is 18.2 Å². The van der Waals surface area contributed by atoms with Crippen LogP contribution < -0.4 is 16.5 Å². The summed E-state index contributed by atoms with van der Waals surface area (Å²) in [5, 5.41) is 3.08. The molecule has 0 aromatic heterocycles. The zero-order valence-corrected chi connectivity index (χ0v) is 39.3. The first-order chi connectivity index (χ1) is 31.5. The second-order valence-corrected chi connectivity index (χ2v) is 17.1. The number of hydroxylamine groups is 3. The first-order valence-corrected chi connectivity index (χ1v) is 21.5. The van der Waals surface area contributed by atoms with Gasteiger partial charge in [0.25, 0.3) is 11.8 Å². The number of hydrogen-bond donors (Lipinski definition) is 3. The summed E-state index contributed by atoms with van der Waals surface area (Å²) >= 11 is 0. The third-order valence-corrected chi connectivity index (χ3v) is 9.78. The summed E-state index contributed by atoms with van der Waals surface area (Å²) in [6, 6.07) is 32.2. The Morgan fingerprint density at radius 1 is 0.627 bits per heavy atom. The lowest BCUT2D eigenvalue weighted by atomic mass is 9.98. The molecule has 0 spiro atoms. The predicted octanol–water partition coefficient (Wildman–Crippen LogP) is 7.72. The van der Waals surface area contributed by atoms with E-state index < -0.39 is 41.4 Å². The largest absolute Gasteiger partial charge is 0.533 e. The van der Waals surface area contributed by atoms with Crippen molar-refractivity contribution < 1.29 is 62.1 Å². The van der Waals surface area contributed by atoms with Gasteiger partial charge in [0.2, 0.25) is 0 Å². The smallest absolute Gasteiger partial charge is 0.458 e. The maximum atomic E-state index is 12.0. The van der Waals surface area contributed by atoms with Crippen LogP contribution in [-0.4, -0.2) is 98.5 Å². The Labute approximate surface area is 396 Å². The van der Waals surface area contributed by atoms with Crippen molar-refractivity contribution in [2.24, 2.45) is 5.73 Å². The minimum absolute atomic E-state index is 0. The van der Waals surface area contributed by atoms with Gasteiger partial charge in [-0.2, -0.15) is 5.48 Å². The van der Waals surface area contributed by atoms with Crippen LogP contribution in [0.2, 0.25) is 0 Å². The number of esters is 1. The lowest BCUT2D eigenvalue weighted by molar-refractivity contribution is -0.177. The van der Waals surface area contributed by atoms with Crippen molar-refractivity contribution in [1.29, 1.82) is 0 Å². The molecule has 1 heterocycles. The number of carbonyl (C=O) groups is 6. The first-order valence-electron chi connectivity index (χ1n) is 21.5. The third-order valence-electron chi connectivity index (χ3n) is 9.78. The molecule has 4 aromatic rings. The van der Waals surface area contributed by atoms with Crippen molar-refractivity contribution in [3.63, 3.8) is 0 Å². The number of imide groups is 1. The molecule has 0 bridgehead atoms. The highest BCUT2D eigenvalue weighted by Crippen LogP contribution is 2.45. The quantitative estimate of drug-likeness (QED) is 0.0384. The molecule has 3 aliphatic rings. The van der Waals surface area contributed by atoms with E-state index in [1.807, 2.05) is 93.6 Å². The Morgan fingerprint density at radius 2 is 1.06 bits per heavy atom. The van der Waals surface area contributed by atoms with Gasteiger partial charge in [-0.05, 0) is 86.1 Å². The number of amides is 4. The second kappa shape index (κ2) is 24.8. The molecule has 1 fully saturated rings. The predicted molar refractivity (Wildman–Crippen MR) is 249 cm³/mol. The van der Waals surface area contributed by atoms with Crippen molar-refractivity contribution in [3.8, 4) is 22.3 Å². The van der Waals surface area contributed by atoms with Crippen LogP contribution in [0, 0.1) is 0 Å². The Bertz CT molecular complexity index is 2240. The number of carbonyl (C=O) groups excluding carboxylic acids is 6. The second-order valence-electron chi connectivity index (χ2n) is 17.1. The van der Waals surface area contributed by atoms with Crippen LogP contribution in [0.5, 0.6) is 0 Å². The van der Waals surface area contributed by atoms with Gasteiger partial charge in [0, 0.05) is 37.8 Å². The summed E-state index contributed by atoms with van der Waals surface area (Å²) in [5.41, 5.74) is 15.3. The van der Waals surface area contributed by atoms with Crippen LogP contribution in [-0.2, 0) is 47.7 Å². The van der Waals surface area contributed by atoms with Gasteiger partial charge in [-0.1, -0.05) is 102 Å². The number of hydrogen-bond acceptors (Lipinski definition) is 14. The van der Waals surface area contributed by atoms with E-state index in [1.54, 1.807) is 20.8 Å². The molecule has 4 N–H and O–H groups in total. The molecule has 0 radical (unpaired) electrons. The van der Waals surface area contributed by atoms with E-state index in [-0.39, 0.29) is 76.0 Å². The van der Waals surface area contributed by atoms with Crippen molar-refractivity contribution in [2.75, 3.05) is 46.1 Å². The van der Waals surface area contributed by atoms with Crippen LogP contribution in [0.3, 0.4) is 0 Å². The van der Waals surface area contributed by atoms with Gasteiger partial charge in [-0.25, -0.2) is 19.2 Å². The number of halogens is 1. The number of ether oxygens (including phenoxy) is 5. The van der Waals surface area contributed by atoms with Gasteiger partial charge in [-0.3, -0.25) is 19.3 Å². The van der Waals surface area contributed by atoms with E-state index in [2.05, 4.69) is 35.1 Å². The van der Waals surface area contributed by atoms with Crippen LogP contribution in [0.15, 0.2) is 97.1 Å². The third kappa shape index (κ3) is 15.8. The van der Waals surface area contributed by atoms with Crippen LogP contribution in [0.25, 0.3) is 22.3 Å². The van der Waals surface area contributed by atoms with Crippen LogP contribution in [0.1, 0.15) is 88.5 Å². The molecule has 360 valence electrons.